The number of hydrogen-bond donors (Lipinski definition) is 1. The van der Waals surface area contributed by atoms with Gasteiger partial charge in [0.2, 0.25) is 0 Å². The van der Waals surface area contributed by atoms with Crippen LogP contribution in [0.3, 0.4) is 0 Å². The molecule has 0 amide bonds. The zero-order valence-corrected chi connectivity index (χ0v) is 8.01. The molecule has 0 heterocycles. The number of nitrogens with one attached hydrogen (secondary N) is 1. The van der Waals surface area contributed by atoms with E-state index in [0.29, 0.717) is 0 Å². The highest BCUT2D eigenvalue weighted by molar-refractivity contribution is 7.06. The Morgan fingerprint density at radius 3 is 1.88 bits per heavy atom. The van der Waals surface area contributed by atoms with E-state index in [0.717, 1.165) is 0 Å². The summed E-state index contributed by atoms with van der Waals surface area (Å²) in [5.74, 6) is 0. The first-order valence-electron chi connectivity index (χ1n) is 2.38. The van der Waals surface area contributed by atoms with E-state index in [4.69, 9.17) is 11.1 Å². The van der Waals surface area contributed by atoms with Crippen LogP contribution in [-0.4, -0.2) is 16.8 Å². The maximum Gasteiger partial charge on any atom is 0.460 e. The van der Waals surface area contributed by atoms with Crippen molar-refractivity contribution in [3.05, 3.63) is 0 Å². The molecule has 0 bridgehead atoms. The molecule has 0 aliphatic rings. The average molecular weight is 171 g/mol. The van der Waals surface area contributed by atoms with Gasteiger partial charge in [0, 0.05) is 0 Å². The summed E-state index contributed by atoms with van der Waals surface area (Å²) in [5.41, 5.74) is 0. The molecule has 1 nitrogen and oxygen atoms in total. The zero-order chi connectivity index (χ0) is 6.78. The third-order valence-electron chi connectivity index (χ3n) is 0.469. The van der Waals surface area contributed by atoms with Gasteiger partial charge >= 0.3 is 8.60 Å². The molecule has 0 rings (SSSR count). The summed E-state index contributed by atoms with van der Waals surface area (Å²) < 4.78 is 14.7. The van der Waals surface area contributed by atoms with Crippen LogP contribution in [0.25, 0.3) is 0 Å². The Bertz CT molecular complexity index is 72.2. The van der Waals surface area contributed by atoms with E-state index >= 15 is 0 Å². The van der Waals surface area contributed by atoms with Gasteiger partial charge in [0.05, 0.1) is 0 Å². The van der Waals surface area contributed by atoms with Crippen LogP contribution in [0.5, 0.6) is 0 Å². The average Bonchev–Trinajstić information content (AvgIpc) is 1.21. The topological polar surface area (TPSA) is 12.0 Å². The van der Waals surface area contributed by atoms with Crippen LogP contribution < -0.4 is 4.65 Å². The molecule has 0 aliphatic heterocycles. The highest BCUT2D eigenvalue weighted by Gasteiger charge is 2.19. The van der Waals surface area contributed by atoms with Gasteiger partial charge in [0.15, 0.2) is 0 Å². The Labute approximate surface area is 56.9 Å². The van der Waals surface area contributed by atoms with E-state index in [9.17, 15) is 4.11 Å². The standard InChI is InChI=1S/C3H10ClFNSi2/c1-8(2,3)6-7(4)5/h6H,1-3H3. The van der Waals surface area contributed by atoms with Crippen LogP contribution in [0.4, 0.5) is 4.11 Å². The SMILES string of the molecule is C[Si](C)(C)N[Si](F)Cl. The molecule has 8 heavy (non-hydrogen) atoms. The van der Waals surface area contributed by atoms with Gasteiger partial charge < -0.3 is 4.65 Å². The highest BCUT2D eigenvalue weighted by atomic mass is 35.6. The quantitative estimate of drug-likeness (QED) is 0.491. The Kier molecular flexibility index (Phi) is 3.18. The molecule has 1 N–H and O–H groups in total. The predicted molar refractivity (Wildman–Crippen MR) is 39.2 cm³/mol. The predicted octanol–water partition coefficient (Wildman–Crippen LogP) is 1.60. The Balaban J connectivity index is 3.39. The summed E-state index contributed by atoms with van der Waals surface area (Å²) in [7, 11) is -3.64. The maximum absolute atomic E-state index is 12.0. The smallest absolute Gasteiger partial charge is 0.321 e. The molecule has 5 heteroatoms. The van der Waals surface area contributed by atoms with Crippen molar-refractivity contribution in [2.45, 2.75) is 19.6 Å². The van der Waals surface area contributed by atoms with Gasteiger partial charge in [-0.2, -0.15) is 0 Å². The number of rotatable bonds is 2. The molecule has 0 aromatic heterocycles. The summed E-state index contributed by atoms with van der Waals surface area (Å²) in [4.78, 5) is 0. The lowest BCUT2D eigenvalue weighted by Gasteiger charge is -2.15. The van der Waals surface area contributed by atoms with Crippen molar-refractivity contribution in [2.75, 3.05) is 0 Å². The van der Waals surface area contributed by atoms with Crippen LogP contribution in [-0.2, 0) is 0 Å². The molecule has 0 atom stereocenters. The maximum atomic E-state index is 12.0. The summed E-state index contributed by atoms with van der Waals surface area (Å²) in [6.07, 6.45) is 0. The third kappa shape index (κ3) is 6.61. The number of halogens is 2. The van der Waals surface area contributed by atoms with Gasteiger partial charge in [-0.15, -0.1) is 11.1 Å². The molecule has 1 radical (unpaired) electrons. The molecular formula is C3H10ClFNSi2. The summed E-state index contributed by atoms with van der Waals surface area (Å²) in [6, 6.07) is 0. The van der Waals surface area contributed by atoms with Crippen molar-refractivity contribution in [1.82, 2.24) is 4.65 Å². The number of hydrogen-bond acceptors (Lipinski definition) is 1. The van der Waals surface area contributed by atoms with Crippen molar-refractivity contribution in [3.8, 4) is 0 Å². The van der Waals surface area contributed by atoms with Crippen LogP contribution in [0.2, 0.25) is 19.6 Å². The third-order valence-corrected chi connectivity index (χ3v) is 5.08. The molecule has 0 aliphatic carbocycles. The van der Waals surface area contributed by atoms with Crippen molar-refractivity contribution >= 4 is 27.9 Å². The first kappa shape index (κ1) is 8.61. The van der Waals surface area contributed by atoms with Gasteiger partial charge in [-0.05, 0) is 0 Å². The Morgan fingerprint density at radius 2 is 1.88 bits per heavy atom. The summed E-state index contributed by atoms with van der Waals surface area (Å²) in [6.45, 7) is 6.04. The monoisotopic (exact) mass is 170 g/mol. The molecule has 0 saturated heterocycles. The minimum absolute atomic E-state index is 1.43. The second-order valence-electron chi connectivity index (χ2n) is 2.64. The van der Waals surface area contributed by atoms with E-state index in [2.05, 4.69) is 4.65 Å². The molecular weight excluding hydrogens is 161 g/mol. The van der Waals surface area contributed by atoms with Gasteiger partial charge in [-0.3, -0.25) is 4.11 Å². The van der Waals surface area contributed by atoms with E-state index in [1.807, 2.05) is 19.6 Å². The van der Waals surface area contributed by atoms with Gasteiger partial charge in [-0.1, -0.05) is 19.6 Å². The second kappa shape index (κ2) is 2.96. The molecule has 0 saturated carbocycles. The van der Waals surface area contributed by atoms with Crippen LogP contribution in [0.1, 0.15) is 0 Å². The second-order valence-corrected chi connectivity index (χ2v) is 9.65. The van der Waals surface area contributed by atoms with Gasteiger partial charge in [-0.25, -0.2) is 0 Å². The van der Waals surface area contributed by atoms with Crippen LogP contribution in [0.15, 0.2) is 0 Å². The minimum Gasteiger partial charge on any atom is -0.321 e. The first-order valence-corrected chi connectivity index (χ1v) is 8.27. The molecule has 49 valence electrons. The molecule has 0 unspecified atom stereocenters. The fourth-order valence-electron chi connectivity index (χ4n) is 0.283. The largest absolute Gasteiger partial charge is 0.460 e. The van der Waals surface area contributed by atoms with Crippen molar-refractivity contribution in [1.29, 1.82) is 0 Å². The van der Waals surface area contributed by atoms with Crippen LogP contribution >= 0.6 is 11.1 Å². The van der Waals surface area contributed by atoms with Gasteiger partial charge in [0.1, 0.15) is 8.24 Å². The van der Waals surface area contributed by atoms with Crippen LogP contribution in [0, 0.1) is 0 Å². The van der Waals surface area contributed by atoms with E-state index < -0.39 is 16.8 Å². The highest BCUT2D eigenvalue weighted by Crippen LogP contribution is 1.97. The summed E-state index contributed by atoms with van der Waals surface area (Å²) in [5, 5.41) is 0. The lowest BCUT2D eigenvalue weighted by atomic mass is 11.8. The summed E-state index contributed by atoms with van der Waals surface area (Å²) >= 11 is 5.12. The minimum atomic E-state index is -2.21. The molecule has 0 aromatic rings. The van der Waals surface area contributed by atoms with E-state index in [1.54, 1.807) is 0 Å². The molecule has 0 spiro atoms. The lowest BCUT2D eigenvalue weighted by molar-refractivity contribution is 0.841. The normalized spacial score (nSPS) is 12.8. The fourth-order valence-corrected chi connectivity index (χ4v) is 5.10. The van der Waals surface area contributed by atoms with Gasteiger partial charge in [0.25, 0.3) is 0 Å². The Morgan fingerprint density at radius 1 is 1.50 bits per heavy atom. The lowest BCUT2D eigenvalue weighted by Crippen LogP contribution is -2.46. The fraction of sp³-hybridized carbons (Fsp3) is 1.00. The van der Waals surface area contributed by atoms with Crippen molar-refractivity contribution in [2.24, 2.45) is 0 Å². The molecule has 0 aromatic carbocycles. The van der Waals surface area contributed by atoms with Crippen molar-refractivity contribution < 1.29 is 4.11 Å². The zero-order valence-electron chi connectivity index (χ0n) is 5.26. The van der Waals surface area contributed by atoms with E-state index in [1.165, 1.54) is 0 Å². The Hall–Kier alpha value is 0.614. The van der Waals surface area contributed by atoms with Crippen molar-refractivity contribution in [3.63, 3.8) is 0 Å². The first-order chi connectivity index (χ1) is 3.42. The molecule has 0 fully saturated rings. The van der Waals surface area contributed by atoms with E-state index in [-0.39, 0.29) is 0 Å².